The zero-order valence-electron chi connectivity index (χ0n) is 11.4. The largest absolute Gasteiger partial charge is 0.489 e. The summed E-state index contributed by atoms with van der Waals surface area (Å²) in [4.78, 5) is 0. The first-order valence-corrected chi connectivity index (χ1v) is 7.25. The van der Waals surface area contributed by atoms with Gasteiger partial charge >= 0.3 is 0 Å². The number of nitrogen functional groups attached to an aromatic ring is 1. The summed E-state index contributed by atoms with van der Waals surface area (Å²) in [5, 5.41) is 4.20. The van der Waals surface area contributed by atoms with Crippen LogP contribution in [-0.4, -0.2) is 23.0 Å². The Bertz CT molecular complexity index is 667. The van der Waals surface area contributed by atoms with E-state index < -0.39 is 0 Å². The molecule has 0 unspecified atom stereocenters. The number of halogens is 1. The van der Waals surface area contributed by atoms with Gasteiger partial charge in [-0.05, 0) is 34.5 Å². The molecule has 20 heavy (non-hydrogen) atoms. The Balaban J connectivity index is 2.21. The number of benzene rings is 1. The van der Waals surface area contributed by atoms with Gasteiger partial charge < -0.3 is 15.2 Å². The molecule has 1 aliphatic heterocycles. The molecule has 6 heteroatoms. The molecule has 0 amide bonds. The maximum atomic E-state index is 6.07. The van der Waals surface area contributed by atoms with E-state index in [0.29, 0.717) is 19.0 Å². The SMILES string of the molecule is Cc1c(-c2cnn(C)c2N)cc(Br)c2c1OCCCO2. The van der Waals surface area contributed by atoms with Crippen molar-refractivity contribution in [2.75, 3.05) is 18.9 Å². The van der Waals surface area contributed by atoms with Crippen LogP contribution in [0.1, 0.15) is 12.0 Å². The van der Waals surface area contributed by atoms with Gasteiger partial charge in [0.1, 0.15) is 5.82 Å². The van der Waals surface area contributed by atoms with Crippen LogP contribution in [0.2, 0.25) is 0 Å². The fourth-order valence-electron chi connectivity index (χ4n) is 2.35. The third-order valence-corrected chi connectivity index (χ3v) is 4.08. The van der Waals surface area contributed by atoms with E-state index in [-0.39, 0.29) is 0 Å². The first kappa shape index (κ1) is 13.3. The fraction of sp³-hybridized carbons (Fsp3) is 0.357. The zero-order valence-corrected chi connectivity index (χ0v) is 13.0. The molecule has 1 aliphatic rings. The van der Waals surface area contributed by atoms with Crippen molar-refractivity contribution in [3.8, 4) is 22.6 Å². The van der Waals surface area contributed by atoms with Crippen LogP contribution in [0, 0.1) is 6.92 Å². The smallest absolute Gasteiger partial charge is 0.175 e. The van der Waals surface area contributed by atoms with Crippen molar-refractivity contribution in [3.05, 3.63) is 22.3 Å². The maximum Gasteiger partial charge on any atom is 0.175 e. The molecule has 0 saturated heterocycles. The van der Waals surface area contributed by atoms with Gasteiger partial charge in [-0.15, -0.1) is 0 Å². The van der Waals surface area contributed by atoms with E-state index in [4.69, 9.17) is 15.2 Å². The Morgan fingerprint density at radius 3 is 2.60 bits per heavy atom. The number of rotatable bonds is 1. The highest BCUT2D eigenvalue weighted by atomic mass is 79.9. The van der Waals surface area contributed by atoms with Crippen LogP contribution < -0.4 is 15.2 Å². The van der Waals surface area contributed by atoms with Crippen LogP contribution in [0.3, 0.4) is 0 Å². The maximum absolute atomic E-state index is 6.07. The van der Waals surface area contributed by atoms with Crippen molar-refractivity contribution < 1.29 is 9.47 Å². The van der Waals surface area contributed by atoms with E-state index in [9.17, 15) is 0 Å². The van der Waals surface area contributed by atoms with Gasteiger partial charge in [-0.3, -0.25) is 4.68 Å². The van der Waals surface area contributed by atoms with Crippen molar-refractivity contribution >= 4 is 21.7 Å². The number of aryl methyl sites for hydroxylation is 1. The second-order valence-electron chi connectivity index (χ2n) is 4.81. The molecule has 0 radical (unpaired) electrons. The summed E-state index contributed by atoms with van der Waals surface area (Å²) in [5.41, 5.74) is 9.00. The molecule has 0 atom stereocenters. The summed E-state index contributed by atoms with van der Waals surface area (Å²) in [7, 11) is 1.83. The molecular weight excluding hydrogens is 322 g/mol. The molecule has 2 aromatic rings. The van der Waals surface area contributed by atoms with E-state index in [2.05, 4.69) is 21.0 Å². The predicted molar refractivity (Wildman–Crippen MR) is 81.1 cm³/mol. The van der Waals surface area contributed by atoms with Crippen LogP contribution in [-0.2, 0) is 7.05 Å². The molecule has 5 nitrogen and oxygen atoms in total. The number of hydrogen-bond acceptors (Lipinski definition) is 4. The average molecular weight is 338 g/mol. The first-order valence-electron chi connectivity index (χ1n) is 6.46. The molecule has 3 rings (SSSR count). The minimum atomic E-state index is 0.634. The van der Waals surface area contributed by atoms with Crippen molar-refractivity contribution in [3.63, 3.8) is 0 Å². The molecule has 106 valence electrons. The average Bonchev–Trinajstić information content (AvgIpc) is 2.67. The fourth-order valence-corrected chi connectivity index (χ4v) is 2.87. The lowest BCUT2D eigenvalue weighted by Crippen LogP contribution is -2.00. The van der Waals surface area contributed by atoms with Gasteiger partial charge in [-0.2, -0.15) is 5.10 Å². The van der Waals surface area contributed by atoms with Crippen LogP contribution in [0.5, 0.6) is 11.5 Å². The van der Waals surface area contributed by atoms with Gasteiger partial charge in [0.25, 0.3) is 0 Å². The number of nitrogens with zero attached hydrogens (tertiary/aromatic N) is 2. The lowest BCUT2D eigenvalue weighted by molar-refractivity contribution is 0.296. The normalized spacial score (nSPS) is 14.2. The number of aromatic nitrogens is 2. The number of hydrogen-bond donors (Lipinski definition) is 1. The molecule has 1 aromatic carbocycles. The van der Waals surface area contributed by atoms with Gasteiger partial charge in [0.05, 0.1) is 23.9 Å². The van der Waals surface area contributed by atoms with Gasteiger partial charge in [0.15, 0.2) is 11.5 Å². The van der Waals surface area contributed by atoms with Crippen LogP contribution in [0.25, 0.3) is 11.1 Å². The standard InChI is InChI=1S/C14H16BrN3O2/c1-8-9(10-7-17-18(2)14(10)16)6-11(15)13-12(8)19-4-3-5-20-13/h6-7H,3-5,16H2,1-2H3. The Hall–Kier alpha value is -1.69. The minimum absolute atomic E-state index is 0.634. The Kier molecular flexibility index (Phi) is 3.33. The molecule has 2 heterocycles. The number of nitrogens with two attached hydrogens (primary N) is 1. The van der Waals surface area contributed by atoms with Crippen molar-refractivity contribution in [1.82, 2.24) is 9.78 Å². The number of anilines is 1. The van der Waals surface area contributed by atoms with Gasteiger partial charge in [0.2, 0.25) is 0 Å². The quantitative estimate of drug-likeness (QED) is 0.869. The first-order chi connectivity index (χ1) is 9.59. The molecule has 0 saturated carbocycles. The highest BCUT2D eigenvalue weighted by molar-refractivity contribution is 9.10. The molecule has 0 bridgehead atoms. The number of ether oxygens (including phenoxy) is 2. The molecule has 0 spiro atoms. The Labute approximate surface area is 125 Å². The van der Waals surface area contributed by atoms with Gasteiger partial charge in [0, 0.05) is 24.6 Å². The van der Waals surface area contributed by atoms with Crippen LogP contribution in [0.4, 0.5) is 5.82 Å². The lowest BCUT2D eigenvalue weighted by atomic mass is 10.0. The van der Waals surface area contributed by atoms with E-state index in [0.717, 1.165) is 39.1 Å². The highest BCUT2D eigenvalue weighted by Gasteiger charge is 2.21. The van der Waals surface area contributed by atoms with Crippen molar-refractivity contribution in [2.24, 2.45) is 7.05 Å². The number of fused-ring (bicyclic) bond motifs is 1. The summed E-state index contributed by atoms with van der Waals surface area (Å²) in [6.07, 6.45) is 2.65. The third kappa shape index (κ3) is 2.04. The highest BCUT2D eigenvalue weighted by Crippen LogP contribution is 2.45. The predicted octanol–water partition coefficient (Wildman–Crippen LogP) is 2.90. The monoisotopic (exact) mass is 337 g/mol. The van der Waals surface area contributed by atoms with Gasteiger partial charge in [-0.1, -0.05) is 0 Å². The second-order valence-corrected chi connectivity index (χ2v) is 5.66. The topological polar surface area (TPSA) is 62.3 Å². The third-order valence-electron chi connectivity index (χ3n) is 3.50. The molecule has 1 aromatic heterocycles. The minimum Gasteiger partial charge on any atom is -0.489 e. The van der Waals surface area contributed by atoms with Crippen LogP contribution >= 0.6 is 15.9 Å². The summed E-state index contributed by atoms with van der Waals surface area (Å²) >= 11 is 3.56. The van der Waals surface area contributed by atoms with E-state index >= 15 is 0 Å². The molecule has 0 aliphatic carbocycles. The van der Waals surface area contributed by atoms with E-state index in [1.54, 1.807) is 10.9 Å². The summed E-state index contributed by atoms with van der Waals surface area (Å²) in [6, 6.07) is 2.01. The molecule has 2 N–H and O–H groups in total. The Morgan fingerprint density at radius 2 is 1.95 bits per heavy atom. The Morgan fingerprint density at radius 1 is 1.25 bits per heavy atom. The summed E-state index contributed by atoms with van der Waals surface area (Å²) in [5.74, 6) is 2.19. The van der Waals surface area contributed by atoms with E-state index in [1.807, 2.05) is 20.0 Å². The van der Waals surface area contributed by atoms with Crippen LogP contribution in [0.15, 0.2) is 16.7 Å². The van der Waals surface area contributed by atoms with Gasteiger partial charge in [-0.25, -0.2) is 0 Å². The van der Waals surface area contributed by atoms with Crippen molar-refractivity contribution in [2.45, 2.75) is 13.3 Å². The molecule has 0 fully saturated rings. The zero-order chi connectivity index (χ0) is 14.3. The van der Waals surface area contributed by atoms with Crippen molar-refractivity contribution in [1.29, 1.82) is 0 Å². The second kappa shape index (κ2) is 5.01. The lowest BCUT2D eigenvalue weighted by Gasteiger charge is -2.15. The summed E-state index contributed by atoms with van der Waals surface area (Å²) in [6.45, 7) is 3.34. The molecular formula is C14H16BrN3O2. The van der Waals surface area contributed by atoms with E-state index in [1.165, 1.54) is 0 Å². The summed E-state index contributed by atoms with van der Waals surface area (Å²) < 4.78 is 14.1.